The van der Waals surface area contributed by atoms with Crippen molar-refractivity contribution in [3.05, 3.63) is 23.8 Å². The molecule has 1 aliphatic carbocycles. The van der Waals surface area contributed by atoms with Gasteiger partial charge in [0, 0.05) is 18.9 Å². The molecule has 1 saturated carbocycles. The van der Waals surface area contributed by atoms with Crippen molar-refractivity contribution in [2.75, 3.05) is 14.2 Å². The zero-order valence-electron chi connectivity index (χ0n) is 10.0. The maximum Gasteiger partial charge on any atom is 0.248 e. The van der Waals surface area contributed by atoms with Gasteiger partial charge >= 0.3 is 0 Å². The predicted octanol–water partition coefficient (Wildman–Crippen LogP) is 3.61. The molecule has 0 radical (unpaired) electrons. The minimum atomic E-state index is -2.53. The molecule has 1 aliphatic rings. The summed E-state index contributed by atoms with van der Waals surface area (Å²) < 4.78 is 36.6. The van der Waals surface area contributed by atoms with E-state index in [9.17, 15) is 8.78 Å². The van der Waals surface area contributed by atoms with Crippen molar-refractivity contribution in [3.63, 3.8) is 0 Å². The van der Waals surface area contributed by atoms with E-state index in [0.29, 0.717) is 17.9 Å². The van der Waals surface area contributed by atoms with Crippen molar-refractivity contribution in [1.82, 2.24) is 0 Å². The van der Waals surface area contributed by atoms with E-state index in [1.54, 1.807) is 20.3 Å². The second kappa shape index (κ2) is 4.51. The average molecular weight is 242 g/mol. The predicted molar refractivity (Wildman–Crippen MR) is 61.1 cm³/mol. The highest BCUT2D eigenvalue weighted by Gasteiger charge is 2.40. The molecule has 0 amide bonds. The minimum Gasteiger partial charge on any atom is -0.497 e. The fraction of sp³-hybridized carbons (Fsp3) is 0.538. The molecular formula is C13H16F2O2. The van der Waals surface area contributed by atoms with Crippen molar-refractivity contribution >= 4 is 0 Å². The maximum atomic E-state index is 13.2. The number of benzene rings is 1. The first-order chi connectivity index (χ1) is 8.04. The van der Waals surface area contributed by atoms with Gasteiger partial charge in [-0.2, -0.15) is 0 Å². The van der Waals surface area contributed by atoms with E-state index in [2.05, 4.69) is 0 Å². The highest BCUT2D eigenvalue weighted by atomic mass is 19.3. The van der Waals surface area contributed by atoms with E-state index in [0.717, 1.165) is 5.56 Å². The molecule has 17 heavy (non-hydrogen) atoms. The topological polar surface area (TPSA) is 18.5 Å². The largest absolute Gasteiger partial charge is 0.497 e. The minimum absolute atomic E-state index is 0.0306. The van der Waals surface area contributed by atoms with Crippen LogP contribution in [0.15, 0.2) is 18.2 Å². The van der Waals surface area contributed by atoms with E-state index in [4.69, 9.17) is 9.47 Å². The molecule has 2 nitrogen and oxygen atoms in total. The Morgan fingerprint density at radius 3 is 2.12 bits per heavy atom. The molecule has 0 bridgehead atoms. The highest BCUT2D eigenvalue weighted by molar-refractivity contribution is 5.40. The number of methoxy groups -OCH3 is 2. The van der Waals surface area contributed by atoms with E-state index in [1.807, 2.05) is 12.1 Å². The van der Waals surface area contributed by atoms with Crippen molar-refractivity contribution in [3.8, 4) is 11.5 Å². The lowest BCUT2D eigenvalue weighted by Crippen LogP contribution is -2.09. The Kier molecular flexibility index (Phi) is 3.22. The molecule has 94 valence electrons. The summed E-state index contributed by atoms with van der Waals surface area (Å²) in [6.07, 6.45) is 0.407. The molecule has 0 saturated heterocycles. The summed E-state index contributed by atoms with van der Waals surface area (Å²) in [4.78, 5) is 0. The van der Waals surface area contributed by atoms with E-state index in [1.165, 1.54) is 0 Å². The Morgan fingerprint density at radius 1 is 1.12 bits per heavy atom. The molecule has 0 aliphatic heterocycles. The Labute approximate surface area is 99.5 Å². The van der Waals surface area contributed by atoms with Gasteiger partial charge in [-0.05, 0) is 30.0 Å². The Bertz CT molecular complexity index is 382. The van der Waals surface area contributed by atoms with Crippen LogP contribution in [-0.4, -0.2) is 20.1 Å². The summed E-state index contributed by atoms with van der Waals surface area (Å²) in [6.45, 7) is 0. The molecule has 0 N–H and O–H groups in total. The van der Waals surface area contributed by atoms with Gasteiger partial charge in [-0.25, -0.2) is 8.78 Å². The number of rotatable bonds is 3. The molecular weight excluding hydrogens is 226 g/mol. The number of halogens is 2. The second-order valence-electron chi connectivity index (χ2n) is 4.44. The molecule has 2 rings (SSSR count). The van der Waals surface area contributed by atoms with E-state index in [-0.39, 0.29) is 18.8 Å². The fourth-order valence-corrected chi connectivity index (χ4v) is 2.30. The van der Waals surface area contributed by atoms with Gasteiger partial charge in [-0.15, -0.1) is 0 Å². The molecule has 0 heterocycles. The zero-order valence-corrected chi connectivity index (χ0v) is 10.0. The van der Waals surface area contributed by atoms with Gasteiger partial charge in [0.2, 0.25) is 5.92 Å². The summed E-state index contributed by atoms with van der Waals surface area (Å²) in [6, 6.07) is 5.37. The monoisotopic (exact) mass is 242 g/mol. The van der Waals surface area contributed by atoms with Crippen LogP contribution in [0.2, 0.25) is 0 Å². The Hall–Kier alpha value is -1.32. The highest BCUT2D eigenvalue weighted by Crippen LogP contribution is 2.45. The van der Waals surface area contributed by atoms with Crippen LogP contribution in [0.4, 0.5) is 8.78 Å². The van der Waals surface area contributed by atoms with Gasteiger partial charge in [0.15, 0.2) is 0 Å². The molecule has 1 fully saturated rings. The van der Waals surface area contributed by atoms with Crippen molar-refractivity contribution in [2.45, 2.75) is 31.1 Å². The van der Waals surface area contributed by atoms with Crippen LogP contribution in [0.25, 0.3) is 0 Å². The third-order valence-electron chi connectivity index (χ3n) is 3.25. The molecule has 1 atom stereocenters. The van der Waals surface area contributed by atoms with Gasteiger partial charge in [0.25, 0.3) is 0 Å². The van der Waals surface area contributed by atoms with Gasteiger partial charge in [0.1, 0.15) is 11.5 Å². The van der Waals surface area contributed by atoms with Crippen LogP contribution < -0.4 is 9.47 Å². The van der Waals surface area contributed by atoms with Gasteiger partial charge < -0.3 is 9.47 Å². The van der Waals surface area contributed by atoms with Crippen LogP contribution in [-0.2, 0) is 0 Å². The standard InChI is InChI=1S/C13H16F2O2/c1-16-11-5-10(6-12(7-11)17-2)9-3-4-13(14,15)8-9/h5-7,9H,3-4,8H2,1-2H3. The second-order valence-corrected chi connectivity index (χ2v) is 4.44. The van der Waals surface area contributed by atoms with Crippen LogP contribution >= 0.6 is 0 Å². The number of alkyl halides is 2. The summed E-state index contributed by atoms with van der Waals surface area (Å²) in [5, 5.41) is 0. The van der Waals surface area contributed by atoms with Crippen molar-refractivity contribution < 1.29 is 18.3 Å². The Balaban J connectivity index is 2.26. The normalized spacial score (nSPS) is 22.5. The maximum absolute atomic E-state index is 13.2. The molecule has 0 spiro atoms. The average Bonchev–Trinajstić information content (AvgIpc) is 2.69. The van der Waals surface area contributed by atoms with E-state index >= 15 is 0 Å². The van der Waals surface area contributed by atoms with Crippen molar-refractivity contribution in [1.29, 1.82) is 0 Å². The van der Waals surface area contributed by atoms with Gasteiger partial charge in [-0.3, -0.25) is 0 Å². The van der Waals surface area contributed by atoms with E-state index < -0.39 is 5.92 Å². The smallest absolute Gasteiger partial charge is 0.248 e. The molecule has 1 aromatic carbocycles. The molecule has 4 heteroatoms. The fourth-order valence-electron chi connectivity index (χ4n) is 2.30. The number of hydrogen-bond donors (Lipinski definition) is 0. The van der Waals surface area contributed by atoms with Gasteiger partial charge in [0.05, 0.1) is 14.2 Å². The zero-order chi connectivity index (χ0) is 12.5. The lowest BCUT2D eigenvalue weighted by molar-refractivity contribution is 0.00775. The van der Waals surface area contributed by atoms with Crippen LogP contribution in [0.5, 0.6) is 11.5 Å². The third-order valence-corrected chi connectivity index (χ3v) is 3.25. The quantitative estimate of drug-likeness (QED) is 0.806. The number of ether oxygens (including phenoxy) is 2. The molecule has 0 aromatic heterocycles. The van der Waals surface area contributed by atoms with Crippen LogP contribution in [0.1, 0.15) is 30.7 Å². The SMILES string of the molecule is COc1cc(OC)cc(C2CCC(F)(F)C2)c1. The van der Waals surface area contributed by atoms with Gasteiger partial charge in [-0.1, -0.05) is 0 Å². The van der Waals surface area contributed by atoms with Crippen LogP contribution in [0.3, 0.4) is 0 Å². The first-order valence-corrected chi connectivity index (χ1v) is 5.65. The van der Waals surface area contributed by atoms with Crippen molar-refractivity contribution in [2.24, 2.45) is 0 Å². The number of hydrogen-bond acceptors (Lipinski definition) is 2. The van der Waals surface area contributed by atoms with Crippen LogP contribution in [0, 0.1) is 0 Å². The Morgan fingerprint density at radius 2 is 1.71 bits per heavy atom. The summed E-state index contributed by atoms with van der Waals surface area (Å²) in [5.41, 5.74) is 0.873. The third kappa shape index (κ3) is 2.68. The first-order valence-electron chi connectivity index (χ1n) is 5.65. The lowest BCUT2D eigenvalue weighted by Gasteiger charge is -2.14. The summed E-state index contributed by atoms with van der Waals surface area (Å²) >= 11 is 0. The molecule has 1 aromatic rings. The first kappa shape index (κ1) is 12.1. The summed E-state index contributed by atoms with van der Waals surface area (Å²) in [7, 11) is 3.11. The lowest BCUT2D eigenvalue weighted by atomic mass is 9.97. The molecule has 1 unspecified atom stereocenters. The summed E-state index contributed by atoms with van der Waals surface area (Å²) in [5.74, 6) is -1.33.